The van der Waals surface area contributed by atoms with Gasteiger partial charge in [0.2, 0.25) is 0 Å². The Morgan fingerprint density at radius 2 is 1.95 bits per heavy atom. The highest BCUT2D eigenvalue weighted by molar-refractivity contribution is 5.39. The summed E-state index contributed by atoms with van der Waals surface area (Å²) in [6.07, 6.45) is 0. The smallest absolute Gasteiger partial charge is 0.252 e. The van der Waals surface area contributed by atoms with E-state index in [4.69, 9.17) is 4.74 Å². The topological polar surface area (TPSA) is 37.4 Å². The van der Waals surface area contributed by atoms with E-state index >= 15 is 0 Å². The first kappa shape index (κ1) is 15.6. The molecule has 1 N–H and O–H groups in total. The highest BCUT2D eigenvalue weighted by Gasteiger charge is 2.23. The van der Waals surface area contributed by atoms with Crippen molar-refractivity contribution in [2.24, 2.45) is 0 Å². The second kappa shape index (κ2) is 6.14. The maximum Gasteiger partial charge on any atom is 0.252 e. The number of likely N-dealkylation sites (N-methyl/N-ethyl adjacent to an activating group) is 1. The van der Waals surface area contributed by atoms with E-state index in [9.17, 15) is 8.78 Å². The summed E-state index contributed by atoms with van der Waals surface area (Å²) in [5.74, 6) is -1.71. The zero-order valence-corrected chi connectivity index (χ0v) is 12.1. The number of aromatic nitrogens is 1. The van der Waals surface area contributed by atoms with Crippen molar-refractivity contribution in [3.05, 3.63) is 17.7 Å². The van der Waals surface area contributed by atoms with Gasteiger partial charge in [-0.25, -0.2) is 8.78 Å². The SMILES string of the molecule is CCNc1nc(OCC(C)(C)N(C)C)c(F)cc1F. The summed E-state index contributed by atoms with van der Waals surface area (Å²) in [5, 5.41) is 2.72. The van der Waals surface area contributed by atoms with Crippen LogP contribution in [0.5, 0.6) is 5.88 Å². The number of nitrogens with one attached hydrogen (secondary N) is 1. The maximum atomic E-state index is 13.6. The van der Waals surface area contributed by atoms with Crippen LogP contribution in [-0.4, -0.2) is 42.7 Å². The van der Waals surface area contributed by atoms with E-state index in [1.807, 2.05) is 32.8 Å². The van der Waals surface area contributed by atoms with Crippen LogP contribution in [0.3, 0.4) is 0 Å². The van der Waals surface area contributed by atoms with Crippen LogP contribution in [0.15, 0.2) is 6.07 Å². The Morgan fingerprint density at radius 3 is 2.47 bits per heavy atom. The van der Waals surface area contributed by atoms with Crippen molar-refractivity contribution in [1.29, 1.82) is 0 Å². The predicted octanol–water partition coefficient (Wildman–Crippen LogP) is 2.51. The number of anilines is 1. The number of halogens is 2. The molecule has 108 valence electrons. The summed E-state index contributed by atoms with van der Waals surface area (Å²) in [6, 6.07) is 0.781. The van der Waals surface area contributed by atoms with Crippen LogP contribution in [0.2, 0.25) is 0 Å². The highest BCUT2D eigenvalue weighted by Crippen LogP contribution is 2.22. The van der Waals surface area contributed by atoms with Gasteiger partial charge in [-0.1, -0.05) is 0 Å². The van der Waals surface area contributed by atoms with E-state index < -0.39 is 11.6 Å². The average Bonchev–Trinajstić information content (AvgIpc) is 2.31. The molecule has 1 heterocycles. The van der Waals surface area contributed by atoms with Gasteiger partial charge in [0.1, 0.15) is 6.61 Å². The van der Waals surface area contributed by atoms with Gasteiger partial charge in [0.15, 0.2) is 17.5 Å². The summed E-state index contributed by atoms with van der Waals surface area (Å²) in [4.78, 5) is 5.78. The van der Waals surface area contributed by atoms with Crippen molar-refractivity contribution in [3.63, 3.8) is 0 Å². The molecule has 0 radical (unpaired) electrons. The van der Waals surface area contributed by atoms with Gasteiger partial charge in [0.05, 0.1) is 0 Å². The lowest BCUT2D eigenvalue weighted by atomic mass is 10.1. The van der Waals surface area contributed by atoms with E-state index in [1.165, 1.54) is 0 Å². The van der Waals surface area contributed by atoms with Crippen LogP contribution in [0.1, 0.15) is 20.8 Å². The van der Waals surface area contributed by atoms with Crippen molar-refractivity contribution in [1.82, 2.24) is 9.88 Å². The Balaban J connectivity index is 2.86. The van der Waals surface area contributed by atoms with Crippen molar-refractivity contribution < 1.29 is 13.5 Å². The molecule has 6 heteroatoms. The van der Waals surface area contributed by atoms with Crippen molar-refractivity contribution in [2.45, 2.75) is 26.3 Å². The third-order valence-electron chi connectivity index (χ3n) is 3.01. The van der Waals surface area contributed by atoms with Crippen molar-refractivity contribution in [2.75, 3.05) is 32.6 Å². The zero-order chi connectivity index (χ0) is 14.6. The summed E-state index contributed by atoms with van der Waals surface area (Å²) in [7, 11) is 3.81. The number of hydrogen-bond donors (Lipinski definition) is 1. The fourth-order valence-corrected chi connectivity index (χ4v) is 1.22. The van der Waals surface area contributed by atoms with Gasteiger partial charge in [-0.3, -0.25) is 0 Å². The van der Waals surface area contributed by atoms with Gasteiger partial charge >= 0.3 is 0 Å². The molecule has 1 aromatic rings. The van der Waals surface area contributed by atoms with E-state index in [0.29, 0.717) is 6.54 Å². The third kappa shape index (κ3) is 4.02. The molecule has 0 aliphatic heterocycles. The summed E-state index contributed by atoms with van der Waals surface area (Å²) in [6.45, 7) is 6.47. The molecule has 0 saturated heterocycles. The Labute approximate surface area is 112 Å². The molecule has 0 aromatic carbocycles. The van der Waals surface area contributed by atoms with Gasteiger partial charge in [-0.05, 0) is 34.9 Å². The largest absolute Gasteiger partial charge is 0.474 e. The molecule has 0 aliphatic carbocycles. The monoisotopic (exact) mass is 273 g/mol. The van der Waals surface area contributed by atoms with E-state index in [2.05, 4.69) is 10.3 Å². The van der Waals surface area contributed by atoms with Gasteiger partial charge in [-0.15, -0.1) is 0 Å². The maximum absolute atomic E-state index is 13.6. The lowest BCUT2D eigenvalue weighted by Gasteiger charge is -2.31. The molecule has 0 spiro atoms. The van der Waals surface area contributed by atoms with Crippen molar-refractivity contribution in [3.8, 4) is 5.88 Å². The van der Waals surface area contributed by atoms with E-state index in [-0.39, 0.29) is 23.8 Å². The molecule has 1 aromatic heterocycles. The molecule has 0 bridgehead atoms. The molecule has 4 nitrogen and oxygen atoms in total. The molecule has 0 atom stereocenters. The summed E-state index contributed by atoms with van der Waals surface area (Å²) in [5.41, 5.74) is -0.277. The fraction of sp³-hybridized carbons (Fsp3) is 0.615. The zero-order valence-electron chi connectivity index (χ0n) is 12.1. The lowest BCUT2D eigenvalue weighted by molar-refractivity contribution is 0.108. The highest BCUT2D eigenvalue weighted by atomic mass is 19.1. The van der Waals surface area contributed by atoms with Crippen molar-refractivity contribution >= 4 is 5.82 Å². The molecular formula is C13H21F2N3O. The number of ether oxygens (including phenoxy) is 1. The van der Waals surface area contributed by atoms with Crippen LogP contribution in [-0.2, 0) is 0 Å². The summed E-state index contributed by atoms with van der Waals surface area (Å²) < 4.78 is 32.3. The molecule has 0 amide bonds. The Kier molecular flexibility index (Phi) is 5.05. The second-order valence-corrected chi connectivity index (χ2v) is 5.13. The number of nitrogens with zero attached hydrogens (tertiary/aromatic N) is 2. The first-order valence-electron chi connectivity index (χ1n) is 6.18. The van der Waals surface area contributed by atoms with E-state index in [0.717, 1.165) is 6.07 Å². The second-order valence-electron chi connectivity index (χ2n) is 5.13. The third-order valence-corrected chi connectivity index (χ3v) is 3.01. The van der Waals surface area contributed by atoms with Gasteiger partial charge in [0, 0.05) is 18.2 Å². The molecule has 0 unspecified atom stereocenters. The molecule has 1 rings (SSSR count). The van der Waals surface area contributed by atoms with Gasteiger partial charge in [-0.2, -0.15) is 4.98 Å². The molecule has 0 saturated carbocycles. The quantitative estimate of drug-likeness (QED) is 0.864. The number of pyridine rings is 1. The molecule has 0 fully saturated rings. The minimum atomic E-state index is -0.797. The number of rotatable bonds is 6. The standard InChI is InChI=1S/C13H21F2N3O/c1-6-16-11-9(14)7-10(15)12(17-11)19-8-13(2,3)18(4)5/h7H,6,8H2,1-5H3,(H,16,17). The summed E-state index contributed by atoms with van der Waals surface area (Å²) >= 11 is 0. The van der Waals surface area contributed by atoms with Crippen LogP contribution in [0.25, 0.3) is 0 Å². The molecule has 19 heavy (non-hydrogen) atoms. The first-order chi connectivity index (χ1) is 8.77. The first-order valence-corrected chi connectivity index (χ1v) is 6.18. The normalized spacial score (nSPS) is 11.8. The predicted molar refractivity (Wildman–Crippen MR) is 71.6 cm³/mol. The lowest BCUT2D eigenvalue weighted by Crippen LogP contribution is -2.43. The molecular weight excluding hydrogens is 252 g/mol. The van der Waals surface area contributed by atoms with Crippen LogP contribution >= 0.6 is 0 Å². The Bertz CT molecular complexity index is 436. The van der Waals surface area contributed by atoms with E-state index in [1.54, 1.807) is 6.92 Å². The van der Waals surface area contributed by atoms with Crippen LogP contribution < -0.4 is 10.1 Å². The van der Waals surface area contributed by atoms with Gasteiger partial charge < -0.3 is 15.0 Å². The van der Waals surface area contributed by atoms with Gasteiger partial charge in [0.25, 0.3) is 5.88 Å². The minimum absolute atomic E-state index is 0.00144. The van der Waals surface area contributed by atoms with Crippen LogP contribution in [0, 0.1) is 11.6 Å². The van der Waals surface area contributed by atoms with Crippen LogP contribution in [0.4, 0.5) is 14.6 Å². The molecule has 0 aliphatic rings. The fourth-order valence-electron chi connectivity index (χ4n) is 1.22. The minimum Gasteiger partial charge on any atom is -0.474 e. The Morgan fingerprint density at radius 1 is 1.32 bits per heavy atom. The Hall–Kier alpha value is -1.43. The average molecular weight is 273 g/mol. The number of hydrogen-bond acceptors (Lipinski definition) is 4.